The van der Waals surface area contributed by atoms with E-state index in [1.165, 1.54) is 0 Å². The standard InChI is InChI=1S/C12H16N2O3/c15-8-9(16)7-14-6-5-11(13-17)10-3-1-2-4-12(10)14/h1-4,9,15-17H,5-8H2/b13-11-. The van der Waals surface area contributed by atoms with Crippen molar-refractivity contribution in [2.75, 3.05) is 24.6 Å². The van der Waals surface area contributed by atoms with E-state index in [0.717, 1.165) is 11.3 Å². The van der Waals surface area contributed by atoms with Crippen LogP contribution in [0.2, 0.25) is 0 Å². The van der Waals surface area contributed by atoms with E-state index >= 15 is 0 Å². The number of anilines is 1. The molecule has 1 aromatic rings. The van der Waals surface area contributed by atoms with Gasteiger partial charge in [0.05, 0.1) is 18.4 Å². The third kappa shape index (κ3) is 2.40. The van der Waals surface area contributed by atoms with E-state index in [4.69, 9.17) is 10.3 Å². The van der Waals surface area contributed by atoms with Crippen LogP contribution < -0.4 is 4.90 Å². The van der Waals surface area contributed by atoms with Gasteiger partial charge in [0.1, 0.15) is 0 Å². The van der Waals surface area contributed by atoms with Gasteiger partial charge in [0, 0.05) is 30.8 Å². The molecule has 0 radical (unpaired) electrons. The molecule has 1 unspecified atom stereocenters. The van der Waals surface area contributed by atoms with Gasteiger partial charge >= 0.3 is 0 Å². The smallest absolute Gasteiger partial charge is 0.0945 e. The van der Waals surface area contributed by atoms with Gasteiger partial charge in [0.2, 0.25) is 0 Å². The van der Waals surface area contributed by atoms with Crippen LogP contribution in [0.15, 0.2) is 29.4 Å². The highest BCUT2D eigenvalue weighted by molar-refractivity contribution is 6.06. The number of benzene rings is 1. The second-order valence-corrected chi connectivity index (χ2v) is 4.10. The fraction of sp³-hybridized carbons (Fsp3) is 0.417. The number of aliphatic hydroxyl groups excluding tert-OH is 2. The second-order valence-electron chi connectivity index (χ2n) is 4.10. The zero-order chi connectivity index (χ0) is 12.3. The molecule has 92 valence electrons. The van der Waals surface area contributed by atoms with Crippen molar-refractivity contribution in [1.29, 1.82) is 0 Å². The molecular formula is C12H16N2O3. The highest BCUT2D eigenvalue weighted by Gasteiger charge is 2.22. The average Bonchev–Trinajstić information content (AvgIpc) is 2.39. The molecule has 0 saturated heterocycles. The molecule has 3 N–H and O–H groups in total. The fourth-order valence-electron chi connectivity index (χ4n) is 2.10. The predicted molar refractivity (Wildman–Crippen MR) is 64.7 cm³/mol. The molecule has 1 atom stereocenters. The number of para-hydroxylation sites is 1. The van der Waals surface area contributed by atoms with Gasteiger partial charge in [-0.2, -0.15) is 0 Å². The Morgan fingerprint density at radius 1 is 1.35 bits per heavy atom. The predicted octanol–water partition coefficient (Wildman–Crippen LogP) is 0.428. The Kier molecular flexibility index (Phi) is 3.61. The van der Waals surface area contributed by atoms with E-state index in [-0.39, 0.29) is 6.61 Å². The SMILES string of the molecule is OCC(O)CN1CC/C(=N/O)c2ccccc21. The first-order valence-electron chi connectivity index (χ1n) is 5.60. The largest absolute Gasteiger partial charge is 0.411 e. The number of β-amino-alcohol motifs (C(OH)–C–C–N with tert-alkyl or cyclic N) is 1. The Labute approximate surface area is 99.6 Å². The summed E-state index contributed by atoms with van der Waals surface area (Å²) in [5, 5.41) is 30.6. The number of fused-ring (bicyclic) bond motifs is 1. The van der Waals surface area contributed by atoms with Crippen molar-refractivity contribution in [3.05, 3.63) is 29.8 Å². The maximum absolute atomic E-state index is 9.49. The quantitative estimate of drug-likeness (QED) is 0.525. The van der Waals surface area contributed by atoms with Gasteiger partial charge < -0.3 is 20.3 Å². The monoisotopic (exact) mass is 236 g/mol. The molecule has 0 saturated carbocycles. The zero-order valence-electron chi connectivity index (χ0n) is 9.45. The summed E-state index contributed by atoms with van der Waals surface area (Å²) in [4.78, 5) is 1.99. The third-order valence-electron chi connectivity index (χ3n) is 2.94. The molecule has 17 heavy (non-hydrogen) atoms. The molecule has 0 aliphatic carbocycles. The Hall–Kier alpha value is -1.59. The summed E-state index contributed by atoms with van der Waals surface area (Å²) in [7, 11) is 0. The van der Waals surface area contributed by atoms with E-state index in [9.17, 15) is 5.11 Å². The van der Waals surface area contributed by atoms with Gasteiger partial charge in [-0.3, -0.25) is 0 Å². The first-order valence-corrected chi connectivity index (χ1v) is 5.60. The van der Waals surface area contributed by atoms with Crippen LogP contribution in [0.25, 0.3) is 0 Å². The zero-order valence-corrected chi connectivity index (χ0v) is 9.45. The molecule has 1 aromatic carbocycles. The number of nitrogens with zero attached hydrogens (tertiary/aromatic N) is 2. The molecule has 5 heteroatoms. The molecular weight excluding hydrogens is 220 g/mol. The first-order chi connectivity index (χ1) is 8.26. The Morgan fingerprint density at radius 3 is 2.82 bits per heavy atom. The van der Waals surface area contributed by atoms with Crippen LogP contribution in [0.3, 0.4) is 0 Å². The van der Waals surface area contributed by atoms with Crippen molar-refractivity contribution in [2.24, 2.45) is 5.16 Å². The molecule has 0 amide bonds. The first kappa shape index (κ1) is 11.9. The Balaban J connectivity index is 2.28. The molecule has 0 bridgehead atoms. The molecule has 1 aliphatic rings. The van der Waals surface area contributed by atoms with Gasteiger partial charge in [-0.25, -0.2) is 0 Å². The van der Waals surface area contributed by atoms with Crippen LogP contribution in [0.1, 0.15) is 12.0 Å². The van der Waals surface area contributed by atoms with E-state index in [2.05, 4.69) is 5.16 Å². The van der Waals surface area contributed by atoms with Crippen molar-refractivity contribution in [2.45, 2.75) is 12.5 Å². The van der Waals surface area contributed by atoms with Crippen LogP contribution in [-0.4, -0.2) is 46.9 Å². The number of oxime groups is 1. The minimum atomic E-state index is -0.754. The van der Waals surface area contributed by atoms with Gasteiger partial charge in [-0.15, -0.1) is 0 Å². The van der Waals surface area contributed by atoms with Gasteiger partial charge in [-0.05, 0) is 6.07 Å². The lowest BCUT2D eigenvalue weighted by Gasteiger charge is -2.32. The molecule has 5 nitrogen and oxygen atoms in total. The van der Waals surface area contributed by atoms with Crippen LogP contribution in [0, 0.1) is 0 Å². The Morgan fingerprint density at radius 2 is 2.12 bits per heavy atom. The number of aliphatic hydroxyl groups is 2. The molecule has 1 aliphatic heterocycles. The van der Waals surface area contributed by atoms with Crippen LogP contribution in [-0.2, 0) is 0 Å². The highest BCUT2D eigenvalue weighted by Crippen LogP contribution is 2.27. The maximum atomic E-state index is 9.49. The lowest BCUT2D eigenvalue weighted by atomic mass is 9.99. The summed E-state index contributed by atoms with van der Waals surface area (Å²) >= 11 is 0. The highest BCUT2D eigenvalue weighted by atomic mass is 16.4. The summed E-state index contributed by atoms with van der Waals surface area (Å²) < 4.78 is 0. The fourth-order valence-corrected chi connectivity index (χ4v) is 2.10. The van der Waals surface area contributed by atoms with Crippen LogP contribution in [0.5, 0.6) is 0 Å². The lowest BCUT2D eigenvalue weighted by Crippen LogP contribution is -2.39. The van der Waals surface area contributed by atoms with E-state index in [1.54, 1.807) is 0 Å². The Bertz CT molecular complexity index is 420. The topological polar surface area (TPSA) is 76.3 Å². The number of rotatable bonds is 3. The summed E-state index contributed by atoms with van der Waals surface area (Å²) in [5.74, 6) is 0. The summed E-state index contributed by atoms with van der Waals surface area (Å²) in [5.41, 5.74) is 2.47. The van der Waals surface area contributed by atoms with Gasteiger partial charge in [0.25, 0.3) is 0 Å². The minimum absolute atomic E-state index is 0.250. The van der Waals surface area contributed by atoms with Crippen molar-refractivity contribution < 1.29 is 15.4 Å². The third-order valence-corrected chi connectivity index (χ3v) is 2.94. The molecule has 0 fully saturated rings. The summed E-state index contributed by atoms with van der Waals surface area (Å²) in [6, 6.07) is 7.60. The van der Waals surface area contributed by atoms with Gasteiger partial charge in [0.15, 0.2) is 0 Å². The summed E-state index contributed by atoms with van der Waals surface area (Å²) in [6.07, 6.45) is -0.123. The van der Waals surface area contributed by atoms with Crippen LogP contribution >= 0.6 is 0 Å². The molecule has 1 heterocycles. The van der Waals surface area contributed by atoms with Gasteiger partial charge in [-0.1, -0.05) is 23.4 Å². The number of hydrogen-bond acceptors (Lipinski definition) is 5. The maximum Gasteiger partial charge on any atom is 0.0945 e. The molecule has 2 rings (SSSR count). The number of hydrogen-bond donors (Lipinski definition) is 3. The van der Waals surface area contributed by atoms with E-state index in [1.807, 2.05) is 29.2 Å². The molecule has 0 spiro atoms. The lowest BCUT2D eigenvalue weighted by molar-refractivity contribution is 0.0998. The van der Waals surface area contributed by atoms with Crippen LogP contribution in [0.4, 0.5) is 5.69 Å². The van der Waals surface area contributed by atoms with Crippen molar-refractivity contribution in [3.8, 4) is 0 Å². The summed E-state index contributed by atoms with van der Waals surface area (Å²) in [6.45, 7) is 0.805. The van der Waals surface area contributed by atoms with Crippen molar-refractivity contribution >= 4 is 11.4 Å². The second kappa shape index (κ2) is 5.16. The van der Waals surface area contributed by atoms with E-state index in [0.29, 0.717) is 25.2 Å². The minimum Gasteiger partial charge on any atom is -0.411 e. The average molecular weight is 236 g/mol. The molecule has 0 aromatic heterocycles. The van der Waals surface area contributed by atoms with E-state index < -0.39 is 6.10 Å². The van der Waals surface area contributed by atoms with Crippen molar-refractivity contribution in [1.82, 2.24) is 0 Å². The van der Waals surface area contributed by atoms with Crippen molar-refractivity contribution in [3.63, 3.8) is 0 Å². The normalized spacial score (nSPS) is 19.2.